The van der Waals surface area contributed by atoms with Crippen molar-refractivity contribution in [3.05, 3.63) is 23.8 Å². The van der Waals surface area contributed by atoms with E-state index < -0.39 is 0 Å². The van der Waals surface area contributed by atoms with Gasteiger partial charge < -0.3 is 14.8 Å². The molecule has 2 aliphatic rings. The van der Waals surface area contributed by atoms with Crippen LogP contribution in [0.15, 0.2) is 23.3 Å². The summed E-state index contributed by atoms with van der Waals surface area (Å²) >= 11 is 0. The van der Waals surface area contributed by atoms with Crippen LogP contribution < -0.4 is 15.5 Å². The number of aldehydes is 1. The fraction of sp³-hybridized carbons (Fsp3) is 0.385. The minimum atomic E-state index is -0.146. The van der Waals surface area contributed by atoms with Crippen molar-refractivity contribution in [2.45, 2.75) is 18.9 Å². The van der Waals surface area contributed by atoms with Gasteiger partial charge in [0.1, 0.15) is 18.6 Å². The highest BCUT2D eigenvalue weighted by Gasteiger charge is 2.17. The predicted octanol–water partition coefficient (Wildman–Crippen LogP) is 1.15. The predicted molar refractivity (Wildman–Crippen MR) is 69.2 cm³/mol. The third-order valence-corrected chi connectivity index (χ3v) is 3.21. The molecule has 18 heavy (non-hydrogen) atoms. The molecule has 94 valence electrons. The fourth-order valence-electron chi connectivity index (χ4n) is 2.20. The van der Waals surface area contributed by atoms with Gasteiger partial charge in [-0.25, -0.2) is 0 Å². The molecule has 0 fully saturated rings. The quantitative estimate of drug-likeness (QED) is 0.767. The van der Waals surface area contributed by atoms with Crippen LogP contribution in [0.5, 0.6) is 5.75 Å². The molecule has 2 N–H and O–H groups in total. The number of rotatable bonds is 2. The summed E-state index contributed by atoms with van der Waals surface area (Å²) in [6.45, 7) is 1.53. The molecule has 5 heteroatoms. The van der Waals surface area contributed by atoms with E-state index in [-0.39, 0.29) is 6.04 Å². The van der Waals surface area contributed by atoms with Crippen molar-refractivity contribution in [2.24, 2.45) is 5.10 Å². The molecular formula is C13H15N3O2. The van der Waals surface area contributed by atoms with Crippen molar-refractivity contribution < 1.29 is 9.53 Å². The molecule has 0 saturated heterocycles. The van der Waals surface area contributed by atoms with E-state index in [4.69, 9.17) is 4.74 Å². The molecule has 0 spiro atoms. The number of fused-ring (bicyclic) bond motifs is 1. The SMILES string of the molecule is O=CC1CCC(c2ccc3c(c2)NCCO3)=NN1. The maximum absolute atomic E-state index is 10.6. The molecular weight excluding hydrogens is 230 g/mol. The maximum atomic E-state index is 10.6. The molecule has 2 aliphatic heterocycles. The number of carbonyl (C=O) groups excluding carboxylic acids is 1. The van der Waals surface area contributed by atoms with Gasteiger partial charge in [-0.3, -0.25) is 5.43 Å². The average molecular weight is 245 g/mol. The van der Waals surface area contributed by atoms with E-state index in [9.17, 15) is 4.79 Å². The Morgan fingerprint density at radius 1 is 1.44 bits per heavy atom. The molecule has 1 atom stereocenters. The highest BCUT2D eigenvalue weighted by atomic mass is 16.5. The Labute approximate surface area is 105 Å². The van der Waals surface area contributed by atoms with E-state index in [1.165, 1.54) is 0 Å². The van der Waals surface area contributed by atoms with E-state index >= 15 is 0 Å². The summed E-state index contributed by atoms with van der Waals surface area (Å²) < 4.78 is 5.54. The Morgan fingerprint density at radius 3 is 3.17 bits per heavy atom. The number of nitrogens with zero attached hydrogens (tertiary/aromatic N) is 1. The highest BCUT2D eigenvalue weighted by Crippen LogP contribution is 2.29. The summed E-state index contributed by atoms with van der Waals surface area (Å²) in [7, 11) is 0. The summed E-state index contributed by atoms with van der Waals surface area (Å²) in [6, 6.07) is 5.88. The summed E-state index contributed by atoms with van der Waals surface area (Å²) in [6.07, 6.45) is 2.52. The van der Waals surface area contributed by atoms with Gasteiger partial charge in [-0.1, -0.05) is 0 Å². The summed E-state index contributed by atoms with van der Waals surface area (Å²) in [5.41, 5.74) is 5.94. The van der Waals surface area contributed by atoms with Gasteiger partial charge in [-0.15, -0.1) is 0 Å². The van der Waals surface area contributed by atoms with Gasteiger partial charge in [-0.2, -0.15) is 5.10 Å². The molecule has 0 aliphatic carbocycles. The highest BCUT2D eigenvalue weighted by molar-refractivity contribution is 6.02. The first kappa shape index (κ1) is 11.1. The second-order valence-electron chi connectivity index (χ2n) is 4.46. The molecule has 1 aromatic carbocycles. The van der Waals surface area contributed by atoms with E-state index in [0.29, 0.717) is 6.61 Å². The molecule has 0 aromatic heterocycles. The molecule has 0 bridgehead atoms. The Bertz CT molecular complexity index is 499. The zero-order valence-electron chi connectivity index (χ0n) is 9.98. The lowest BCUT2D eigenvalue weighted by Crippen LogP contribution is -2.32. The fourth-order valence-corrected chi connectivity index (χ4v) is 2.20. The minimum Gasteiger partial charge on any atom is -0.490 e. The second-order valence-corrected chi connectivity index (χ2v) is 4.46. The topological polar surface area (TPSA) is 62.7 Å². The van der Waals surface area contributed by atoms with Crippen LogP contribution in [0.25, 0.3) is 0 Å². The van der Waals surface area contributed by atoms with Gasteiger partial charge in [0.05, 0.1) is 17.4 Å². The van der Waals surface area contributed by atoms with E-state index in [1.54, 1.807) is 0 Å². The number of hydrogen-bond donors (Lipinski definition) is 2. The van der Waals surface area contributed by atoms with Crippen molar-refractivity contribution in [3.63, 3.8) is 0 Å². The first-order chi connectivity index (χ1) is 8.86. The third kappa shape index (κ3) is 2.03. The van der Waals surface area contributed by atoms with E-state index in [2.05, 4.69) is 21.9 Å². The van der Waals surface area contributed by atoms with Crippen molar-refractivity contribution >= 4 is 17.7 Å². The first-order valence-corrected chi connectivity index (χ1v) is 6.15. The zero-order valence-corrected chi connectivity index (χ0v) is 9.98. The Morgan fingerprint density at radius 2 is 2.39 bits per heavy atom. The van der Waals surface area contributed by atoms with Crippen LogP contribution in [0, 0.1) is 0 Å². The number of anilines is 1. The number of carbonyl (C=O) groups is 1. The van der Waals surface area contributed by atoms with Crippen LogP contribution in [-0.2, 0) is 4.79 Å². The van der Waals surface area contributed by atoms with Crippen LogP contribution in [0.2, 0.25) is 0 Å². The van der Waals surface area contributed by atoms with Crippen molar-refractivity contribution in [3.8, 4) is 5.75 Å². The van der Waals surface area contributed by atoms with Crippen LogP contribution in [0.1, 0.15) is 18.4 Å². The van der Waals surface area contributed by atoms with Gasteiger partial charge in [-0.05, 0) is 31.0 Å². The summed E-state index contributed by atoms with van der Waals surface area (Å²) in [5, 5.41) is 7.57. The molecule has 0 amide bonds. The molecule has 0 saturated carbocycles. The molecule has 0 radical (unpaired) electrons. The largest absolute Gasteiger partial charge is 0.490 e. The van der Waals surface area contributed by atoms with Gasteiger partial charge >= 0.3 is 0 Å². The van der Waals surface area contributed by atoms with E-state index in [1.807, 2.05) is 12.1 Å². The Hall–Kier alpha value is -2.04. The van der Waals surface area contributed by atoms with Gasteiger partial charge in [0.15, 0.2) is 0 Å². The van der Waals surface area contributed by atoms with Crippen LogP contribution in [0.4, 0.5) is 5.69 Å². The molecule has 1 aromatic rings. The Balaban J connectivity index is 1.84. The van der Waals surface area contributed by atoms with Crippen LogP contribution in [-0.4, -0.2) is 31.2 Å². The number of ether oxygens (including phenoxy) is 1. The minimum absolute atomic E-state index is 0.146. The normalized spacial score (nSPS) is 21.8. The van der Waals surface area contributed by atoms with Crippen molar-refractivity contribution in [2.75, 3.05) is 18.5 Å². The molecule has 2 heterocycles. The maximum Gasteiger partial charge on any atom is 0.143 e. The number of hydrogen-bond acceptors (Lipinski definition) is 5. The smallest absolute Gasteiger partial charge is 0.143 e. The summed E-state index contributed by atoms with van der Waals surface area (Å²) in [4.78, 5) is 10.6. The van der Waals surface area contributed by atoms with Gasteiger partial charge in [0, 0.05) is 12.1 Å². The standard InChI is InChI=1S/C13H15N3O2/c17-8-10-2-3-11(16-15-10)9-1-4-13-12(7-9)14-5-6-18-13/h1,4,7-8,10,14-15H,2-3,5-6H2. The van der Waals surface area contributed by atoms with Gasteiger partial charge in [0.2, 0.25) is 0 Å². The first-order valence-electron chi connectivity index (χ1n) is 6.15. The average Bonchev–Trinajstić information content (AvgIpc) is 2.47. The lowest BCUT2D eigenvalue weighted by Gasteiger charge is -2.22. The molecule has 5 nitrogen and oxygen atoms in total. The van der Waals surface area contributed by atoms with Crippen LogP contribution >= 0.6 is 0 Å². The molecule has 3 rings (SSSR count). The van der Waals surface area contributed by atoms with Crippen molar-refractivity contribution in [1.82, 2.24) is 5.43 Å². The Kier molecular flexibility index (Phi) is 2.88. The number of nitrogens with one attached hydrogen (secondary N) is 2. The molecule has 1 unspecified atom stereocenters. The van der Waals surface area contributed by atoms with Gasteiger partial charge in [0.25, 0.3) is 0 Å². The summed E-state index contributed by atoms with van der Waals surface area (Å²) in [5.74, 6) is 0.889. The number of hydrazone groups is 1. The van der Waals surface area contributed by atoms with Crippen molar-refractivity contribution in [1.29, 1.82) is 0 Å². The van der Waals surface area contributed by atoms with Crippen LogP contribution in [0.3, 0.4) is 0 Å². The lowest BCUT2D eigenvalue weighted by atomic mass is 10.0. The van der Waals surface area contributed by atoms with E-state index in [0.717, 1.165) is 48.4 Å². The zero-order chi connectivity index (χ0) is 12.4. The second kappa shape index (κ2) is 4.68. The third-order valence-electron chi connectivity index (χ3n) is 3.21. The lowest BCUT2D eigenvalue weighted by molar-refractivity contribution is -0.109. The number of benzene rings is 1. The monoisotopic (exact) mass is 245 g/mol.